The number of pyridine rings is 1. The van der Waals surface area contributed by atoms with E-state index in [1.165, 1.54) is 11.1 Å². The fourth-order valence-corrected chi connectivity index (χ4v) is 4.36. The molecule has 0 saturated carbocycles. The van der Waals surface area contributed by atoms with Gasteiger partial charge in [-0.25, -0.2) is 0 Å². The van der Waals surface area contributed by atoms with Crippen molar-refractivity contribution in [3.63, 3.8) is 0 Å². The molecule has 148 valence electrons. The maximum atomic E-state index is 13.0. The number of carbonyl (C=O) groups is 1. The lowest BCUT2D eigenvalue weighted by Gasteiger charge is -2.38. The standard InChI is InChI=1S/C24H25N3O2/c1-17(19-5-4-18-8-14-29-23(18)16-19)26-10-12-27(13-11-26)24(28)21-6-7-22-20(15-21)3-2-9-25-22/h2-7,9,15-17H,8,10-14H2,1H3. The molecule has 2 aromatic carbocycles. The maximum Gasteiger partial charge on any atom is 0.253 e. The Hall–Kier alpha value is -2.92. The van der Waals surface area contributed by atoms with Crippen molar-refractivity contribution in [2.45, 2.75) is 19.4 Å². The SMILES string of the molecule is CC(c1ccc2c(c1)OCC2)N1CCN(C(=O)c2ccc3ncccc3c2)CC1. The molecule has 1 unspecified atom stereocenters. The van der Waals surface area contributed by atoms with Gasteiger partial charge in [-0.15, -0.1) is 0 Å². The number of piperazine rings is 1. The van der Waals surface area contributed by atoms with Gasteiger partial charge in [0, 0.05) is 55.8 Å². The van der Waals surface area contributed by atoms with Crippen molar-refractivity contribution >= 4 is 16.8 Å². The first-order valence-corrected chi connectivity index (χ1v) is 10.3. The van der Waals surface area contributed by atoms with Crippen molar-refractivity contribution in [2.24, 2.45) is 0 Å². The van der Waals surface area contributed by atoms with Gasteiger partial charge in [0.15, 0.2) is 0 Å². The highest BCUT2D eigenvalue weighted by molar-refractivity contribution is 5.98. The molecule has 5 heteroatoms. The largest absolute Gasteiger partial charge is 0.493 e. The summed E-state index contributed by atoms with van der Waals surface area (Å²) in [5, 5.41) is 1.00. The summed E-state index contributed by atoms with van der Waals surface area (Å²) in [5.41, 5.74) is 4.25. The van der Waals surface area contributed by atoms with Crippen LogP contribution in [0.2, 0.25) is 0 Å². The molecule has 1 atom stereocenters. The third-order valence-electron chi connectivity index (χ3n) is 6.20. The van der Waals surface area contributed by atoms with Gasteiger partial charge in [0.25, 0.3) is 5.91 Å². The molecule has 1 aromatic heterocycles. The van der Waals surface area contributed by atoms with Gasteiger partial charge in [-0.05, 0) is 48.4 Å². The molecule has 2 aliphatic rings. The smallest absolute Gasteiger partial charge is 0.253 e. The van der Waals surface area contributed by atoms with Crippen LogP contribution < -0.4 is 4.74 Å². The van der Waals surface area contributed by atoms with Crippen LogP contribution in [-0.2, 0) is 6.42 Å². The second kappa shape index (κ2) is 7.48. The third kappa shape index (κ3) is 3.47. The number of hydrogen-bond acceptors (Lipinski definition) is 4. The molecule has 2 aliphatic heterocycles. The Kier molecular flexibility index (Phi) is 4.68. The normalized spacial score (nSPS) is 17.8. The molecule has 0 aliphatic carbocycles. The molecule has 0 radical (unpaired) electrons. The second-order valence-corrected chi connectivity index (χ2v) is 7.88. The number of aromatic nitrogens is 1. The summed E-state index contributed by atoms with van der Waals surface area (Å²) in [4.78, 5) is 21.7. The minimum Gasteiger partial charge on any atom is -0.493 e. The Morgan fingerprint density at radius 2 is 1.93 bits per heavy atom. The summed E-state index contributed by atoms with van der Waals surface area (Å²) in [6.07, 6.45) is 2.78. The maximum absolute atomic E-state index is 13.0. The first-order chi connectivity index (χ1) is 14.2. The number of nitrogens with zero attached hydrogens (tertiary/aromatic N) is 3. The Labute approximate surface area is 170 Å². The van der Waals surface area contributed by atoms with E-state index in [1.54, 1.807) is 6.20 Å². The zero-order chi connectivity index (χ0) is 19.8. The number of hydrogen-bond donors (Lipinski definition) is 0. The Morgan fingerprint density at radius 3 is 2.79 bits per heavy atom. The number of ether oxygens (including phenoxy) is 1. The Bertz CT molecular complexity index is 1060. The van der Waals surface area contributed by atoms with Gasteiger partial charge in [0.2, 0.25) is 0 Å². The van der Waals surface area contributed by atoms with E-state index in [9.17, 15) is 4.79 Å². The van der Waals surface area contributed by atoms with Gasteiger partial charge in [0.1, 0.15) is 5.75 Å². The molecule has 5 rings (SSSR count). The molecule has 1 saturated heterocycles. The van der Waals surface area contributed by atoms with Crippen LogP contribution >= 0.6 is 0 Å². The van der Waals surface area contributed by atoms with Crippen molar-refractivity contribution < 1.29 is 9.53 Å². The van der Waals surface area contributed by atoms with Gasteiger partial charge < -0.3 is 9.64 Å². The number of amides is 1. The average molecular weight is 387 g/mol. The van der Waals surface area contributed by atoms with E-state index in [2.05, 4.69) is 35.0 Å². The van der Waals surface area contributed by atoms with Gasteiger partial charge in [-0.2, -0.15) is 0 Å². The Morgan fingerprint density at radius 1 is 1.07 bits per heavy atom. The van der Waals surface area contributed by atoms with Crippen molar-refractivity contribution in [3.05, 3.63) is 71.4 Å². The zero-order valence-electron chi connectivity index (χ0n) is 16.7. The first-order valence-electron chi connectivity index (χ1n) is 10.3. The number of fused-ring (bicyclic) bond motifs is 2. The minimum atomic E-state index is 0.106. The highest BCUT2D eigenvalue weighted by atomic mass is 16.5. The molecule has 1 fully saturated rings. The fraction of sp³-hybridized carbons (Fsp3) is 0.333. The van der Waals surface area contributed by atoms with Crippen LogP contribution in [0.5, 0.6) is 5.75 Å². The predicted octanol–water partition coefficient (Wildman–Crippen LogP) is 3.69. The van der Waals surface area contributed by atoms with E-state index in [4.69, 9.17) is 4.74 Å². The van der Waals surface area contributed by atoms with E-state index in [1.807, 2.05) is 35.2 Å². The lowest BCUT2D eigenvalue weighted by atomic mass is 10.0. The molecular formula is C24H25N3O2. The number of carbonyl (C=O) groups excluding carboxylic acids is 1. The van der Waals surface area contributed by atoms with Crippen LogP contribution in [0, 0.1) is 0 Å². The summed E-state index contributed by atoms with van der Waals surface area (Å²) in [6.45, 7) is 6.27. The van der Waals surface area contributed by atoms with E-state index in [-0.39, 0.29) is 5.91 Å². The van der Waals surface area contributed by atoms with Gasteiger partial charge in [-0.1, -0.05) is 18.2 Å². The molecule has 0 bridgehead atoms. The van der Waals surface area contributed by atoms with Crippen molar-refractivity contribution in [3.8, 4) is 5.75 Å². The highest BCUT2D eigenvalue weighted by Crippen LogP contribution is 2.31. The summed E-state index contributed by atoms with van der Waals surface area (Å²) in [6, 6.07) is 16.6. The van der Waals surface area contributed by atoms with E-state index < -0.39 is 0 Å². The zero-order valence-corrected chi connectivity index (χ0v) is 16.7. The van der Waals surface area contributed by atoms with Crippen LogP contribution in [0.25, 0.3) is 10.9 Å². The van der Waals surface area contributed by atoms with Gasteiger partial charge in [0.05, 0.1) is 12.1 Å². The van der Waals surface area contributed by atoms with Crippen LogP contribution in [0.1, 0.15) is 34.5 Å². The summed E-state index contributed by atoms with van der Waals surface area (Å²) >= 11 is 0. The van der Waals surface area contributed by atoms with Crippen molar-refractivity contribution in [2.75, 3.05) is 32.8 Å². The highest BCUT2D eigenvalue weighted by Gasteiger charge is 2.26. The summed E-state index contributed by atoms with van der Waals surface area (Å²) in [7, 11) is 0. The lowest BCUT2D eigenvalue weighted by molar-refractivity contribution is 0.0582. The molecule has 0 spiro atoms. The molecule has 29 heavy (non-hydrogen) atoms. The third-order valence-corrected chi connectivity index (χ3v) is 6.20. The second-order valence-electron chi connectivity index (χ2n) is 7.88. The van der Waals surface area contributed by atoms with Crippen LogP contribution in [0.4, 0.5) is 0 Å². The van der Waals surface area contributed by atoms with E-state index in [0.717, 1.165) is 61.4 Å². The fourth-order valence-electron chi connectivity index (χ4n) is 4.36. The predicted molar refractivity (Wildman–Crippen MR) is 113 cm³/mol. The Balaban J connectivity index is 1.25. The summed E-state index contributed by atoms with van der Waals surface area (Å²) in [5.74, 6) is 1.14. The van der Waals surface area contributed by atoms with E-state index in [0.29, 0.717) is 6.04 Å². The summed E-state index contributed by atoms with van der Waals surface area (Å²) < 4.78 is 5.73. The molecular weight excluding hydrogens is 362 g/mol. The molecule has 1 amide bonds. The number of rotatable bonds is 3. The quantitative estimate of drug-likeness (QED) is 0.688. The van der Waals surface area contributed by atoms with Crippen LogP contribution in [0.15, 0.2) is 54.7 Å². The minimum absolute atomic E-state index is 0.106. The first kappa shape index (κ1) is 18.1. The van der Waals surface area contributed by atoms with Crippen LogP contribution in [0.3, 0.4) is 0 Å². The molecule has 5 nitrogen and oxygen atoms in total. The van der Waals surface area contributed by atoms with Crippen molar-refractivity contribution in [1.29, 1.82) is 0 Å². The van der Waals surface area contributed by atoms with Crippen molar-refractivity contribution in [1.82, 2.24) is 14.8 Å². The van der Waals surface area contributed by atoms with Crippen LogP contribution in [-0.4, -0.2) is 53.5 Å². The molecule has 3 aromatic rings. The lowest BCUT2D eigenvalue weighted by Crippen LogP contribution is -2.49. The van der Waals surface area contributed by atoms with Gasteiger partial charge in [-0.3, -0.25) is 14.7 Å². The average Bonchev–Trinajstić information content (AvgIpc) is 3.26. The van der Waals surface area contributed by atoms with E-state index >= 15 is 0 Å². The molecule has 3 heterocycles. The number of benzene rings is 2. The monoisotopic (exact) mass is 387 g/mol. The molecule has 0 N–H and O–H groups in total. The van der Waals surface area contributed by atoms with Gasteiger partial charge >= 0.3 is 0 Å². The topological polar surface area (TPSA) is 45.7 Å².